The first kappa shape index (κ1) is 13.8. The summed E-state index contributed by atoms with van der Waals surface area (Å²) in [6.07, 6.45) is -2.73. The van der Waals surface area contributed by atoms with Gasteiger partial charge in [-0.1, -0.05) is 11.6 Å². The van der Waals surface area contributed by atoms with Gasteiger partial charge in [-0.15, -0.1) is 0 Å². The van der Waals surface area contributed by atoms with Gasteiger partial charge in [0.05, 0.1) is 16.5 Å². The third-order valence-electron chi connectivity index (χ3n) is 1.63. The summed E-state index contributed by atoms with van der Waals surface area (Å²) in [6, 6.07) is 3.85. The Labute approximate surface area is 105 Å². The van der Waals surface area contributed by atoms with Gasteiger partial charge in [0.25, 0.3) is 6.43 Å². The molecular formula is C8H7BrClF2NO2S. The highest BCUT2D eigenvalue weighted by molar-refractivity contribution is 9.10. The van der Waals surface area contributed by atoms with Gasteiger partial charge in [0, 0.05) is 4.47 Å². The molecule has 0 saturated heterocycles. The molecule has 0 aliphatic heterocycles. The van der Waals surface area contributed by atoms with Gasteiger partial charge in [-0.3, -0.25) is 0 Å². The van der Waals surface area contributed by atoms with Crippen LogP contribution in [0.1, 0.15) is 0 Å². The predicted octanol–water partition coefficient (Wildman–Crippen LogP) is 2.65. The third-order valence-corrected chi connectivity index (χ3v) is 4.26. The molecule has 0 atom stereocenters. The van der Waals surface area contributed by atoms with Crippen molar-refractivity contribution in [3.05, 3.63) is 27.7 Å². The van der Waals surface area contributed by atoms with Gasteiger partial charge in [0.2, 0.25) is 10.0 Å². The van der Waals surface area contributed by atoms with Crippen LogP contribution in [0.25, 0.3) is 0 Å². The Morgan fingerprint density at radius 3 is 2.56 bits per heavy atom. The van der Waals surface area contributed by atoms with E-state index in [0.29, 0.717) is 9.50 Å². The highest BCUT2D eigenvalue weighted by atomic mass is 79.9. The van der Waals surface area contributed by atoms with Crippen LogP contribution in [0, 0.1) is 0 Å². The molecule has 0 saturated carbocycles. The number of halogens is 4. The third kappa shape index (κ3) is 3.65. The number of alkyl halides is 2. The first-order chi connectivity index (χ1) is 7.33. The molecule has 0 spiro atoms. The lowest BCUT2D eigenvalue weighted by molar-refractivity contribution is 0.153. The lowest BCUT2D eigenvalue weighted by Crippen LogP contribution is -2.28. The van der Waals surface area contributed by atoms with Crippen molar-refractivity contribution in [2.24, 2.45) is 0 Å². The maximum absolute atomic E-state index is 11.9. The number of hydrogen-bond acceptors (Lipinski definition) is 2. The smallest absolute Gasteiger partial charge is 0.209 e. The van der Waals surface area contributed by atoms with Gasteiger partial charge < -0.3 is 0 Å². The zero-order chi connectivity index (χ0) is 12.3. The van der Waals surface area contributed by atoms with E-state index in [-0.39, 0.29) is 4.90 Å². The molecule has 0 aromatic heterocycles. The summed E-state index contributed by atoms with van der Waals surface area (Å²) < 4.78 is 48.9. The maximum atomic E-state index is 11.9. The summed E-state index contributed by atoms with van der Waals surface area (Å²) >= 11 is 8.72. The minimum absolute atomic E-state index is 0.121. The first-order valence-electron chi connectivity index (χ1n) is 4.06. The molecule has 0 aliphatic carbocycles. The highest BCUT2D eigenvalue weighted by Gasteiger charge is 2.16. The second-order valence-corrected chi connectivity index (χ2v) is 5.85. The lowest BCUT2D eigenvalue weighted by Gasteiger charge is -2.06. The minimum Gasteiger partial charge on any atom is -0.209 e. The Balaban J connectivity index is 2.94. The van der Waals surface area contributed by atoms with Crippen LogP contribution in [0.5, 0.6) is 0 Å². The summed E-state index contributed by atoms with van der Waals surface area (Å²) in [7, 11) is -3.91. The van der Waals surface area contributed by atoms with Gasteiger partial charge in [-0.05, 0) is 34.1 Å². The van der Waals surface area contributed by atoms with E-state index in [9.17, 15) is 17.2 Å². The fraction of sp³-hybridized carbons (Fsp3) is 0.250. The summed E-state index contributed by atoms with van der Waals surface area (Å²) in [5, 5.41) is 0.341. The molecule has 3 nitrogen and oxygen atoms in total. The standard InChI is InChI=1S/C8H7BrClF2NO2S/c9-6-3-5(1-2-7(6)10)16(14,15)13-4-8(11)12/h1-3,8,13H,4H2. The Morgan fingerprint density at radius 1 is 1.44 bits per heavy atom. The van der Waals surface area contributed by atoms with Gasteiger partial charge >= 0.3 is 0 Å². The minimum atomic E-state index is -3.91. The lowest BCUT2D eigenvalue weighted by atomic mass is 10.4. The molecule has 8 heteroatoms. The molecule has 0 unspecified atom stereocenters. The number of hydrogen-bond donors (Lipinski definition) is 1. The molecule has 0 bridgehead atoms. The van der Waals surface area contributed by atoms with Crippen molar-refractivity contribution in [2.45, 2.75) is 11.3 Å². The van der Waals surface area contributed by atoms with E-state index >= 15 is 0 Å². The summed E-state index contributed by atoms with van der Waals surface area (Å²) in [5.41, 5.74) is 0. The average molecular weight is 335 g/mol. The quantitative estimate of drug-likeness (QED) is 0.920. The van der Waals surface area contributed by atoms with E-state index in [1.807, 2.05) is 0 Å². The Kier molecular flexibility index (Phi) is 4.66. The van der Waals surface area contributed by atoms with Crippen molar-refractivity contribution in [3.8, 4) is 0 Å². The Hall–Kier alpha value is -0.240. The summed E-state index contributed by atoms with van der Waals surface area (Å²) in [4.78, 5) is -0.121. The molecule has 16 heavy (non-hydrogen) atoms. The molecule has 0 fully saturated rings. The van der Waals surface area contributed by atoms with Crippen LogP contribution < -0.4 is 4.72 Å². The van der Waals surface area contributed by atoms with E-state index in [0.717, 1.165) is 0 Å². The van der Waals surface area contributed by atoms with E-state index in [1.165, 1.54) is 18.2 Å². The summed E-state index contributed by atoms with van der Waals surface area (Å²) in [6.45, 7) is -0.914. The first-order valence-corrected chi connectivity index (χ1v) is 6.71. The van der Waals surface area contributed by atoms with Gasteiger partial charge in [-0.2, -0.15) is 0 Å². The van der Waals surface area contributed by atoms with Crippen LogP contribution in [-0.2, 0) is 10.0 Å². The van der Waals surface area contributed by atoms with Crippen molar-refractivity contribution in [1.29, 1.82) is 0 Å². The van der Waals surface area contributed by atoms with Crippen molar-refractivity contribution < 1.29 is 17.2 Å². The second kappa shape index (κ2) is 5.39. The molecule has 90 valence electrons. The highest BCUT2D eigenvalue weighted by Crippen LogP contribution is 2.25. The molecular weight excluding hydrogens is 328 g/mol. The molecule has 1 rings (SSSR count). The molecule has 1 aromatic carbocycles. The normalized spacial score (nSPS) is 12.1. The predicted molar refractivity (Wildman–Crippen MR) is 60.3 cm³/mol. The topological polar surface area (TPSA) is 46.2 Å². The Bertz CT molecular complexity index is 481. The summed E-state index contributed by atoms with van der Waals surface area (Å²) in [5.74, 6) is 0. The van der Waals surface area contributed by atoms with Crippen molar-refractivity contribution >= 4 is 37.6 Å². The zero-order valence-electron chi connectivity index (χ0n) is 7.75. The fourth-order valence-electron chi connectivity index (χ4n) is 0.900. The molecule has 1 aromatic rings. The van der Waals surface area contributed by atoms with Gasteiger partial charge in [0.15, 0.2) is 0 Å². The number of nitrogens with one attached hydrogen (secondary N) is 1. The molecule has 0 radical (unpaired) electrons. The van der Waals surface area contributed by atoms with Crippen LogP contribution >= 0.6 is 27.5 Å². The van der Waals surface area contributed by atoms with Crippen LogP contribution in [0.15, 0.2) is 27.6 Å². The van der Waals surface area contributed by atoms with E-state index < -0.39 is 23.0 Å². The average Bonchev–Trinajstić information content (AvgIpc) is 2.19. The van der Waals surface area contributed by atoms with Gasteiger partial charge in [0.1, 0.15) is 0 Å². The monoisotopic (exact) mass is 333 g/mol. The maximum Gasteiger partial charge on any atom is 0.251 e. The second-order valence-electron chi connectivity index (χ2n) is 2.82. The van der Waals surface area contributed by atoms with Crippen LogP contribution in [0.3, 0.4) is 0 Å². The molecule has 0 aliphatic rings. The largest absolute Gasteiger partial charge is 0.251 e. The van der Waals surface area contributed by atoms with E-state index in [4.69, 9.17) is 11.6 Å². The molecule has 1 N–H and O–H groups in total. The van der Waals surface area contributed by atoms with Crippen LogP contribution in [0.4, 0.5) is 8.78 Å². The molecule has 0 heterocycles. The van der Waals surface area contributed by atoms with Crippen LogP contribution in [-0.4, -0.2) is 21.4 Å². The number of rotatable bonds is 4. The van der Waals surface area contributed by atoms with E-state index in [2.05, 4.69) is 15.9 Å². The van der Waals surface area contributed by atoms with E-state index in [1.54, 1.807) is 4.72 Å². The number of benzene rings is 1. The fourth-order valence-corrected chi connectivity index (χ4v) is 2.58. The Morgan fingerprint density at radius 2 is 2.06 bits per heavy atom. The zero-order valence-corrected chi connectivity index (χ0v) is 10.9. The SMILES string of the molecule is O=S(=O)(NCC(F)F)c1ccc(Cl)c(Br)c1. The number of sulfonamides is 1. The van der Waals surface area contributed by atoms with Crippen molar-refractivity contribution in [2.75, 3.05) is 6.54 Å². The van der Waals surface area contributed by atoms with Crippen molar-refractivity contribution in [3.63, 3.8) is 0 Å². The van der Waals surface area contributed by atoms with Crippen LogP contribution in [0.2, 0.25) is 5.02 Å². The molecule has 0 amide bonds. The van der Waals surface area contributed by atoms with Crippen molar-refractivity contribution in [1.82, 2.24) is 4.72 Å². The van der Waals surface area contributed by atoms with Gasteiger partial charge in [-0.25, -0.2) is 21.9 Å².